The van der Waals surface area contributed by atoms with E-state index in [1.165, 1.54) is 38.5 Å². The molecule has 0 amide bonds. The van der Waals surface area contributed by atoms with Gasteiger partial charge in [-0.3, -0.25) is 4.99 Å². The summed E-state index contributed by atoms with van der Waals surface area (Å²) < 4.78 is 5.61. The summed E-state index contributed by atoms with van der Waals surface area (Å²) in [6.07, 6.45) is 11.5. The predicted octanol–water partition coefficient (Wildman–Crippen LogP) is 3.48. The highest BCUT2D eigenvalue weighted by molar-refractivity contribution is 14.0. The lowest BCUT2D eigenvalue weighted by molar-refractivity contribution is 0.131. The molecule has 0 aromatic carbocycles. The van der Waals surface area contributed by atoms with Crippen molar-refractivity contribution in [1.82, 2.24) is 10.6 Å². The highest BCUT2D eigenvalue weighted by Crippen LogP contribution is 2.28. The largest absolute Gasteiger partial charge is 0.379 e. The molecule has 0 aromatic rings. The van der Waals surface area contributed by atoms with Crippen LogP contribution in [-0.2, 0) is 4.74 Å². The Kier molecular flexibility index (Phi) is 10.9. The Morgan fingerprint density at radius 2 is 2.18 bits per heavy atom. The molecule has 22 heavy (non-hydrogen) atoms. The van der Waals surface area contributed by atoms with Gasteiger partial charge in [-0.15, -0.1) is 24.0 Å². The maximum Gasteiger partial charge on any atom is 0.191 e. The summed E-state index contributed by atoms with van der Waals surface area (Å²) in [5.74, 6) is 1.76. The van der Waals surface area contributed by atoms with Gasteiger partial charge in [0.25, 0.3) is 0 Å². The summed E-state index contributed by atoms with van der Waals surface area (Å²) in [5, 5.41) is 6.72. The molecular weight excluding hydrogens is 389 g/mol. The lowest BCUT2D eigenvalue weighted by Crippen LogP contribution is -2.38. The van der Waals surface area contributed by atoms with E-state index in [1.807, 2.05) is 0 Å². The number of rotatable bonds is 9. The van der Waals surface area contributed by atoms with Crippen molar-refractivity contribution in [2.75, 3.05) is 32.8 Å². The van der Waals surface area contributed by atoms with Gasteiger partial charge in [0.15, 0.2) is 5.96 Å². The summed E-state index contributed by atoms with van der Waals surface area (Å²) in [6.45, 7) is 6.37. The summed E-state index contributed by atoms with van der Waals surface area (Å²) in [4.78, 5) is 4.56. The number of hydrogen-bond acceptors (Lipinski definition) is 2. The lowest BCUT2D eigenvalue weighted by Gasteiger charge is -2.15. The fourth-order valence-electron chi connectivity index (χ4n) is 2.57. The summed E-state index contributed by atoms with van der Waals surface area (Å²) in [5.41, 5.74) is 1.61. The van der Waals surface area contributed by atoms with Gasteiger partial charge in [-0.25, -0.2) is 0 Å². The van der Waals surface area contributed by atoms with Gasteiger partial charge in [0.2, 0.25) is 0 Å². The molecule has 0 heterocycles. The van der Waals surface area contributed by atoms with Crippen LogP contribution in [0.4, 0.5) is 0 Å². The molecule has 5 heteroatoms. The Bertz CT molecular complexity index is 354. The Morgan fingerprint density at radius 1 is 1.32 bits per heavy atom. The molecule has 0 unspecified atom stereocenters. The number of allylic oxidation sites excluding steroid dienone is 1. The maximum atomic E-state index is 5.61. The second kappa shape index (κ2) is 12.2. The average Bonchev–Trinajstić information content (AvgIpc) is 3.32. The van der Waals surface area contributed by atoms with Gasteiger partial charge in [-0.1, -0.05) is 11.6 Å². The molecule has 0 saturated heterocycles. The van der Waals surface area contributed by atoms with Crippen molar-refractivity contribution in [3.63, 3.8) is 0 Å². The zero-order chi connectivity index (χ0) is 14.8. The highest BCUT2D eigenvalue weighted by atomic mass is 127. The van der Waals surface area contributed by atoms with Crippen LogP contribution in [0, 0.1) is 5.92 Å². The standard InChI is InChI=1S/C17H31N3O.HI/c1-2-18-17(20-12-13-21-14-16-8-9-16)19-11-10-15-6-4-3-5-7-15;/h6,16H,2-5,7-14H2,1H3,(H2,18,19,20);1H. The molecule has 2 N–H and O–H groups in total. The normalized spacial score (nSPS) is 18.4. The van der Waals surface area contributed by atoms with E-state index < -0.39 is 0 Å². The van der Waals surface area contributed by atoms with E-state index in [0.29, 0.717) is 0 Å². The first-order chi connectivity index (χ1) is 10.4. The van der Waals surface area contributed by atoms with E-state index in [9.17, 15) is 0 Å². The summed E-state index contributed by atoms with van der Waals surface area (Å²) in [7, 11) is 0. The van der Waals surface area contributed by atoms with Gasteiger partial charge in [0.05, 0.1) is 13.2 Å². The molecule has 1 saturated carbocycles. The molecule has 0 radical (unpaired) electrons. The fourth-order valence-corrected chi connectivity index (χ4v) is 2.57. The molecule has 0 spiro atoms. The van der Waals surface area contributed by atoms with E-state index >= 15 is 0 Å². The number of aliphatic imine (C=N–C) groups is 1. The topological polar surface area (TPSA) is 45.7 Å². The second-order valence-electron chi connectivity index (χ2n) is 6.06. The molecule has 2 aliphatic rings. The van der Waals surface area contributed by atoms with E-state index in [0.717, 1.165) is 51.1 Å². The van der Waals surface area contributed by atoms with Crippen molar-refractivity contribution >= 4 is 29.9 Å². The van der Waals surface area contributed by atoms with Crippen molar-refractivity contribution in [2.24, 2.45) is 10.9 Å². The van der Waals surface area contributed by atoms with Gasteiger partial charge in [-0.05, 0) is 57.8 Å². The van der Waals surface area contributed by atoms with Gasteiger partial charge in [0, 0.05) is 19.7 Å². The summed E-state index contributed by atoms with van der Waals surface area (Å²) >= 11 is 0. The minimum absolute atomic E-state index is 0. The first-order valence-corrected chi connectivity index (χ1v) is 8.66. The monoisotopic (exact) mass is 421 g/mol. The van der Waals surface area contributed by atoms with Crippen molar-refractivity contribution in [3.05, 3.63) is 11.6 Å². The number of hydrogen-bond donors (Lipinski definition) is 2. The third kappa shape index (κ3) is 8.98. The lowest BCUT2D eigenvalue weighted by atomic mass is 9.97. The molecule has 0 aliphatic heterocycles. The zero-order valence-electron chi connectivity index (χ0n) is 13.9. The maximum absolute atomic E-state index is 5.61. The third-order valence-corrected chi connectivity index (χ3v) is 4.02. The summed E-state index contributed by atoms with van der Waals surface area (Å²) in [6, 6.07) is 0. The van der Waals surface area contributed by atoms with Crippen molar-refractivity contribution in [2.45, 2.75) is 51.9 Å². The number of guanidine groups is 1. The number of halogens is 1. The first-order valence-electron chi connectivity index (χ1n) is 8.66. The van der Waals surface area contributed by atoms with Crippen LogP contribution in [0.2, 0.25) is 0 Å². The zero-order valence-corrected chi connectivity index (χ0v) is 16.2. The number of ether oxygens (including phenoxy) is 1. The minimum Gasteiger partial charge on any atom is -0.379 e. The molecule has 0 atom stereocenters. The van der Waals surface area contributed by atoms with Crippen molar-refractivity contribution in [1.29, 1.82) is 0 Å². The molecule has 1 fully saturated rings. The number of nitrogens with one attached hydrogen (secondary N) is 2. The Balaban J connectivity index is 0.00000242. The van der Waals surface area contributed by atoms with Gasteiger partial charge >= 0.3 is 0 Å². The Morgan fingerprint density at radius 3 is 2.86 bits per heavy atom. The minimum atomic E-state index is 0. The third-order valence-electron chi connectivity index (χ3n) is 4.02. The van der Waals surface area contributed by atoms with Crippen LogP contribution in [-0.4, -0.2) is 38.8 Å². The van der Waals surface area contributed by atoms with Crippen molar-refractivity contribution in [3.8, 4) is 0 Å². The Hall–Kier alpha value is -0.300. The van der Waals surface area contributed by atoms with Crippen LogP contribution in [0.3, 0.4) is 0 Å². The SMILES string of the molecule is CCNC(=NCCOCC1CC1)NCCC1=CCCCC1.I. The Labute approximate surface area is 152 Å². The quantitative estimate of drug-likeness (QED) is 0.197. The van der Waals surface area contributed by atoms with Gasteiger partial charge < -0.3 is 15.4 Å². The predicted molar refractivity (Wildman–Crippen MR) is 104 cm³/mol. The van der Waals surface area contributed by atoms with Crippen LogP contribution in [0.15, 0.2) is 16.6 Å². The molecular formula is C17H32IN3O. The van der Waals surface area contributed by atoms with Crippen LogP contribution in [0.5, 0.6) is 0 Å². The first kappa shape index (κ1) is 19.7. The van der Waals surface area contributed by atoms with Crippen LogP contribution >= 0.6 is 24.0 Å². The van der Waals surface area contributed by atoms with E-state index in [-0.39, 0.29) is 24.0 Å². The van der Waals surface area contributed by atoms with Crippen molar-refractivity contribution < 1.29 is 4.74 Å². The van der Waals surface area contributed by atoms with Gasteiger partial charge in [0.1, 0.15) is 0 Å². The smallest absolute Gasteiger partial charge is 0.191 e. The molecule has 4 nitrogen and oxygen atoms in total. The molecule has 128 valence electrons. The molecule has 0 bridgehead atoms. The number of nitrogens with zero attached hydrogens (tertiary/aromatic N) is 1. The molecule has 0 aromatic heterocycles. The van der Waals surface area contributed by atoms with Crippen LogP contribution in [0.1, 0.15) is 51.9 Å². The fraction of sp³-hybridized carbons (Fsp3) is 0.824. The average molecular weight is 421 g/mol. The van der Waals surface area contributed by atoms with Crippen LogP contribution < -0.4 is 10.6 Å². The van der Waals surface area contributed by atoms with Crippen LogP contribution in [0.25, 0.3) is 0 Å². The van der Waals surface area contributed by atoms with Gasteiger partial charge in [-0.2, -0.15) is 0 Å². The van der Waals surface area contributed by atoms with E-state index in [1.54, 1.807) is 5.57 Å². The van der Waals surface area contributed by atoms with E-state index in [2.05, 4.69) is 28.6 Å². The second-order valence-corrected chi connectivity index (χ2v) is 6.06. The highest BCUT2D eigenvalue weighted by Gasteiger charge is 2.20. The molecule has 2 aliphatic carbocycles. The molecule has 2 rings (SSSR count). The van der Waals surface area contributed by atoms with E-state index in [4.69, 9.17) is 4.74 Å².